The summed E-state index contributed by atoms with van der Waals surface area (Å²) in [7, 11) is 0. The molecule has 0 heterocycles. The van der Waals surface area contributed by atoms with E-state index in [-0.39, 0.29) is 5.56 Å². The van der Waals surface area contributed by atoms with Gasteiger partial charge in [0.2, 0.25) is 0 Å². The number of benzene rings is 1. The first-order chi connectivity index (χ1) is 6.56. The Morgan fingerprint density at radius 3 is 2.64 bits per heavy atom. The number of rotatable bonds is 3. The van der Waals surface area contributed by atoms with E-state index in [2.05, 4.69) is 45.2 Å². The summed E-state index contributed by atoms with van der Waals surface area (Å²) in [6.45, 7) is 2.30. The van der Waals surface area contributed by atoms with E-state index in [4.69, 9.17) is 9.84 Å². The maximum Gasteiger partial charge on any atom is 0.339 e. The van der Waals surface area contributed by atoms with Crippen LogP contribution >= 0.6 is 45.2 Å². The third-order valence-electron chi connectivity index (χ3n) is 1.53. The second kappa shape index (κ2) is 5.15. The lowest BCUT2D eigenvalue weighted by atomic mass is 10.2. The fourth-order valence-corrected chi connectivity index (χ4v) is 3.01. The van der Waals surface area contributed by atoms with Crippen molar-refractivity contribution in [1.29, 1.82) is 0 Å². The van der Waals surface area contributed by atoms with E-state index in [0.29, 0.717) is 12.4 Å². The molecular formula is C9H8I2O3. The van der Waals surface area contributed by atoms with Crippen LogP contribution in [0.4, 0.5) is 0 Å². The largest absolute Gasteiger partial charge is 0.492 e. The van der Waals surface area contributed by atoms with Crippen molar-refractivity contribution < 1.29 is 14.6 Å². The zero-order chi connectivity index (χ0) is 10.7. The lowest BCUT2D eigenvalue weighted by Crippen LogP contribution is -2.05. The fraction of sp³-hybridized carbons (Fsp3) is 0.222. The van der Waals surface area contributed by atoms with Crippen LogP contribution in [0.15, 0.2) is 12.1 Å². The van der Waals surface area contributed by atoms with Gasteiger partial charge in [0.05, 0.1) is 10.2 Å². The van der Waals surface area contributed by atoms with Crippen LogP contribution in [0.2, 0.25) is 0 Å². The molecule has 1 N–H and O–H groups in total. The van der Waals surface area contributed by atoms with Crippen LogP contribution in [-0.2, 0) is 0 Å². The van der Waals surface area contributed by atoms with Crippen LogP contribution in [-0.4, -0.2) is 17.7 Å². The minimum atomic E-state index is -0.954. The zero-order valence-corrected chi connectivity index (χ0v) is 11.7. The topological polar surface area (TPSA) is 46.5 Å². The predicted molar refractivity (Wildman–Crippen MR) is 70.0 cm³/mol. The van der Waals surface area contributed by atoms with Crippen LogP contribution in [0.5, 0.6) is 5.75 Å². The Balaban J connectivity index is 3.28. The van der Waals surface area contributed by atoms with Crippen LogP contribution in [0.25, 0.3) is 0 Å². The number of halogens is 2. The SMILES string of the molecule is CCOc1c(I)cc(I)cc1C(=O)O. The number of carboxylic acid groups (broad SMARTS) is 1. The minimum Gasteiger partial charge on any atom is -0.492 e. The molecule has 0 aliphatic heterocycles. The number of hydrogen-bond acceptors (Lipinski definition) is 2. The maximum absolute atomic E-state index is 10.9. The molecule has 0 radical (unpaired) electrons. The molecule has 0 saturated heterocycles. The van der Waals surface area contributed by atoms with Gasteiger partial charge >= 0.3 is 5.97 Å². The number of hydrogen-bond donors (Lipinski definition) is 1. The molecule has 0 aliphatic rings. The molecule has 0 fully saturated rings. The van der Waals surface area contributed by atoms with E-state index in [1.54, 1.807) is 6.07 Å². The molecule has 0 saturated carbocycles. The van der Waals surface area contributed by atoms with E-state index in [9.17, 15) is 4.79 Å². The summed E-state index contributed by atoms with van der Waals surface area (Å²) in [5.74, 6) is -0.495. The van der Waals surface area contributed by atoms with Crippen LogP contribution in [0.3, 0.4) is 0 Å². The molecule has 1 aromatic carbocycles. The molecule has 3 nitrogen and oxygen atoms in total. The van der Waals surface area contributed by atoms with Crippen molar-refractivity contribution in [2.45, 2.75) is 6.92 Å². The molecular weight excluding hydrogens is 410 g/mol. The molecule has 0 bridgehead atoms. The predicted octanol–water partition coefficient (Wildman–Crippen LogP) is 2.99. The summed E-state index contributed by atoms with van der Waals surface area (Å²) in [5, 5.41) is 8.95. The van der Waals surface area contributed by atoms with Crippen LogP contribution in [0.1, 0.15) is 17.3 Å². The van der Waals surface area contributed by atoms with Gasteiger partial charge < -0.3 is 9.84 Å². The van der Waals surface area contributed by atoms with E-state index in [1.165, 1.54) is 0 Å². The Bertz CT molecular complexity index is 363. The first-order valence-corrected chi connectivity index (χ1v) is 6.07. The Morgan fingerprint density at radius 1 is 1.50 bits per heavy atom. The maximum atomic E-state index is 10.9. The average molecular weight is 418 g/mol. The molecule has 76 valence electrons. The summed E-state index contributed by atoms with van der Waals surface area (Å²) < 4.78 is 7.02. The third-order valence-corrected chi connectivity index (χ3v) is 2.95. The lowest BCUT2D eigenvalue weighted by Gasteiger charge is -2.09. The van der Waals surface area contributed by atoms with Gasteiger partial charge in [0, 0.05) is 3.57 Å². The second-order valence-corrected chi connectivity index (χ2v) is 4.91. The molecule has 14 heavy (non-hydrogen) atoms. The van der Waals surface area contributed by atoms with Crippen molar-refractivity contribution in [3.8, 4) is 5.75 Å². The van der Waals surface area contributed by atoms with Crippen molar-refractivity contribution >= 4 is 51.2 Å². The molecule has 0 aliphatic carbocycles. The molecule has 0 atom stereocenters. The van der Waals surface area contributed by atoms with Gasteiger partial charge in [0.25, 0.3) is 0 Å². The minimum absolute atomic E-state index is 0.225. The number of aromatic carboxylic acids is 1. The molecule has 0 amide bonds. The fourth-order valence-electron chi connectivity index (χ4n) is 1.01. The van der Waals surface area contributed by atoms with Gasteiger partial charge in [-0.2, -0.15) is 0 Å². The lowest BCUT2D eigenvalue weighted by molar-refractivity contribution is 0.0692. The van der Waals surface area contributed by atoms with E-state index in [0.717, 1.165) is 7.14 Å². The Labute approximate surface area is 109 Å². The molecule has 1 rings (SSSR count). The Hall–Kier alpha value is -0.0500. The highest BCUT2D eigenvalue weighted by molar-refractivity contribution is 14.1. The number of carbonyl (C=O) groups is 1. The van der Waals surface area contributed by atoms with Gasteiger partial charge in [-0.1, -0.05) is 0 Å². The highest BCUT2D eigenvalue weighted by Crippen LogP contribution is 2.28. The van der Waals surface area contributed by atoms with E-state index >= 15 is 0 Å². The Morgan fingerprint density at radius 2 is 2.14 bits per heavy atom. The van der Waals surface area contributed by atoms with Gasteiger partial charge in [0.15, 0.2) is 0 Å². The van der Waals surface area contributed by atoms with Gasteiger partial charge in [-0.15, -0.1) is 0 Å². The van der Waals surface area contributed by atoms with E-state index < -0.39 is 5.97 Å². The summed E-state index contributed by atoms with van der Waals surface area (Å²) in [6, 6.07) is 3.49. The molecule has 0 aromatic heterocycles. The number of carboxylic acids is 1. The quantitative estimate of drug-likeness (QED) is 0.769. The van der Waals surface area contributed by atoms with Crippen LogP contribution in [0, 0.1) is 7.14 Å². The standard InChI is InChI=1S/C9H8I2O3/c1-2-14-8-6(9(12)13)3-5(10)4-7(8)11/h3-4H,2H2,1H3,(H,12,13). The summed E-state index contributed by atoms with van der Waals surface area (Å²) in [5.41, 5.74) is 0.225. The first-order valence-electron chi connectivity index (χ1n) is 3.91. The van der Waals surface area contributed by atoms with Gasteiger partial charge in [-0.3, -0.25) is 0 Å². The second-order valence-electron chi connectivity index (χ2n) is 2.50. The van der Waals surface area contributed by atoms with Gasteiger partial charge in [-0.25, -0.2) is 4.79 Å². The monoisotopic (exact) mass is 418 g/mol. The third kappa shape index (κ3) is 2.72. The van der Waals surface area contributed by atoms with Crippen molar-refractivity contribution in [1.82, 2.24) is 0 Å². The summed E-state index contributed by atoms with van der Waals surface area (Å²) in [4.78, 5) is 10.9. The zero-order valence-electron chi connectivity index (χ0n) is 7.38. The van der Waals surface area contributed by atoms with Crippen molar-refractivity contribution in [3.05, 3.63) is 24.8 Å². The highest BCUT2D eigenvalue weighted by atomic mass is 127. The smallest absolute Gasteiger partial charge is 0.339 e. The number of ether oxygens (including phenoxy) is 1. The molecule has 0 unspecified atom stereocenters. The summed E-state index contributed by atoms with van der Waals surface area (Å²) in [6.07, 6.45) is 0. The van der Waals surface area contributed by atoms with E-state index in [1.807, 2.05) is 13.0 Å². The normalized spacial score (nSPS) is 9.93. The first kappa shape index (κ1) is 12.0. The molecule has 5 heteroatoms. The Kier molecular flexibility index (Phi) is 4.42. The van der Waals surface area contributed by atoms with Crippen LogP contribution < -0.4 is 4.74 Å². The summed E-state index contributed by atoms with van der Waals surface area (Å²) >= 11 is 4.16. The molecule has 1 aromatic rings. The average Bonchev–Trinajstić information content (AvgIpc) is 2.09. The van der Waals surface area contributed by atoms with Gasteiger partial charge in [-0.05, 0) is 64.2 Å². The highest BCUT2D eigenvalue weighted by Gasteiger charge is 2.15. The van der Waals surface area contributed by atoms with Crippen molar-refractivity contribution in [3.63, 3.8) is 0 Å². The van der Waals surface area contributed by atoms with Gasteiger partial charge in [0.1, 0.15) is 11.3 Å². The van der Waals surface area contributed by atoms with Crippen molar-refractivity contribution in [2.75, 3.05) is 6.61 Å². The van der Waals surface area contributed by atoms with Crippen molar-refractivity contribution in [2.24, 2.45) is 0 Å². The molecule has 0 spiro atoms.